The average Bonchev–Trinajstić information content (AvgIpc) is 3.06. The van der Waals surface area contributed by atoms with Crippen LogP contribution in [-0.2, 0) is 11.2 Å². The van der Waals surface area contributed by atoms with Gasteiger partial charge in [0.15, 0.2) is 5.58 Å². The summed E-state index contributed by atoms with van der Waals surface area (Å²) < 4.78 is 5.21. The fraction of sp³-hybridized carbons (Fsp3) is 0.467. The molecule has 2 unspecified atom stereocenters. The number of carbonyl (C=O) groups is 1. The lowest BCUT2D eigenvalue weighted by Gasteiger charge is -2.19. The van der Waals surface area contributed by atoms with Gasteiger partial charge in [0, 0.05) is 11.4 Å². The summed E-state index contributed by atoms with van der Waals surface area (Å²) in [4.78, 5) is 12.1. The molecule has 2 atom stereocenters. The van der Waals surface area contributed by atoms with E-state index < -0.39 is 0 Å². The summed E-state index contributed by atoms with van der Waals surface area (Å²) in [7, 11) is 0. The van der Waals surface area contributed by atoms with Crippen molar-refractivity contribution >= 4 is 16.9 Å². The van der Waals surface area contributed by atoms with Crippen molar-refractivity contribution in [3.05, 3.63) is 30.0 Å². The molecule has 1 fully saturated rings. The summed E-state index contributed by atoms with van der Waals surface area (Å²) >= 11 is 0. The summed E-state index contributed by atoms with van der Waals surface area (Å²) in [5.41, 5.74) is 7.15. The van der Waals surface area contributed by atoms with Crippen LogP contribution >= 0.6 is 0 Å². The standard InChI is InChI=1S/C15H19N3O2/c16-9-10-4-3-6-12(10)17-15(19)8-13-11-5-1-2-7-14(11)20-18-13/h1-2,5,7,10,12H,3-4,6,8-9,16H2,(H,17,19). The Hall–Kier alpha value is -1.88. The van der Waals surface area contributed by atoms with Gasteiger partial charge in [-0.15, -0.1) is 0 Å². The summed E-state index contributed by atoms with van der Waals surface area (Å²) in [5, 5.41) is 7.98. The number of para-hydroxylation sites is 1. The third-order valence-corrected chi connectivity index (χ3v) is 4.09. The second kappa shape index (κ2) is 5.63. The third-order valence-electron chi connectivity index (χ3n) is 4.09. The van der Waals surface area contributed by atoms with Crippen molar-refractivity contribution in [3.63, 3.8) is 0 Å². The van der Waals surface area contributed by atoms with Crippen molar-refractivity contribution in [1.82, 2.24) is 10.5 Å². The number of aromatic nitrogens is 1. The van der Waals surface area contributed by atoms with Crippen LogP contribution in [-0.4, -0.2) is 23.7 Å². The van der Waals surface area contributed by atoms with Gasteiger partial charge in [-0.2, -0.15) is 0 Å². The highest BCUT2D eigenvalue weighted by Crippen LogP contribution is 2.25. The average molecular weight is 273 g/mol. The molecule has 0 spiro atoms. The first kappa shape index (κ1) is 13.1. The van der Waals surface area contributed by atoms with Crippen LogP contribution in [0, 0.1) is 5.92 Å². The molecule has 1 saturated carbocycles. The Morgan fingerprint density at radius 3 is 3.10 bits per heavy atom. The lowest BCUT2D eigenvalue weighted by molar-refractivity contribution is -0.121. The Morgan fingerprint density at radius 1 is 1.40 bits per heavy atom. The molecule has 20 heavy (non-hydrogen) atoms. The first-order chi connectivity index (χ1) is 9.78. The molecular formula is C15H19N3O2. The molecule has 1 aliphatic rings. The highest BCUT2D eigenvalue weighted by atomic mass is 16.5. The Bertz CT molecular complexity index is 608. The third kappa shape index (κ3) is 2.54. The second-order valence-electron chi connectivity index (χ2n) is 5.40. The molecule has 3 rings (SSSR count). The monoisotopic (exact) mass is 273 g/mol. The quantitative estimate of drug-likeness (QED) is 0.887. The van der Waals surface area contributed by atoms with Crippen molar-refractivity contribution in [2.45, 2.75) is 31.7 Å². The lowest BCUT2D eigenvalue weighted by Crippen LogP contribution is -2.40. The Balaban J connectivity index is 1.67. The van der Waals surface area contributed by atoms with E-state index in [4.69, 9.17) is 10.3 Å². The summed E-state index contributed by atoms with van der Waals surface area (Å²) in [5.74, 6) is 0.405. The predicted molar refractivity (Wildman–Crippen MR) is 76.0 cm³/mol. The number of nitrogens with zero attached hydrogens (tertiary/aromatic N) is 1. The number of fused-ring (bicyclic) bond motifs is 1. The molecular weight excluding hydrogens is 254 g/mol. The molecule has 0 radical (unpaired) electrons. The molecule has 5 nitrogen and oxygen atoms in total. The van der Waals surface area contributed by atoms with Crippen LogP contribution in [0.3, 0.4) is 0 Å². The van der Waals surface area contributed by atoms with Gasteiger partial charge in [-0.05, 0) is 37.4 Å². The molecule has 0 aliphatic heterocycles. The molecule has 1 aromatic heterocycles. The summed E-state index contributed by atoms with van der Waals surface area (Å²) in [6, 6.07) is 7.80. The normalized spacial score (nSPS) is 22.2. The number of nitrogens with one attached hydrogen (secondary N) is 1. The minimum atomic E-state index is -0.00518. The lowest BCUT2D eigenvalue weighted by atomic mass is 10.0. The SMILES string of the molecule is NCC1CCCC1NC(=O)Cc1noc2ccccc12. The van der Waals surface area contributed by atoms with E-state index in [1.54, 1.807) is 0 Å². The molecule has 2 aromatic rings. The van der Waals surface area contributed by atoms with Crippen LogP contribution in [0.4, 0.5) is 0 Å². The summed E-state index contributed by atoms with van der Waals surface area (Å²) in [6.07, 6.45) is 3.52. The van der Waals surface area contributed by atoms with Crippen LogP contribution < -0.4 is 11.1 Å². The topological polar surface area (TPSA) is 81.1 Å². The molecule has 0 saturated heterocycles. The van der Waals surface area contributed by atoms with Crippen LogP contribution in [0.2, 0.25) is 0 Å². The number of rotatable bonds is 4. The van der Waals surface area contributed by atoms with Gasteiger partial charge in [0.2, 0.25) is 5.91 Å². The summed E-state index contributed by atoms with van der Waals surface area (Å²) in [6.45, 7) is 0.637. The van der Waals surface area contributed by atoms with Gasteiger partial charge in [-0.25, -0.2) is 0 Å². The first-order valence-corrected chi connectivity index (χ1v) is 7.10. The molecule has 0 bridgehead atoms. The number of hydrogen-bond donors (Lipinski definition) is 2. The van der Waals surface area contributed by atoms with Gasteiger partial charge in [0.25, 0.3) is 0 Å². The van der Waals surface area contributed by atoms with Gasteiger partial charge < -0.3 is 15.6 Å². The second-order valence-corrected chi connectivity index (χ2v) is 5.40. The Morgan fingerprint density at radius 2 is 2.25 bits per heavy atom. The number of amides is 1. The highest BCUT2D eigenvalue weighted by molar-refractivity contribution is 5.86. The predicted octanol–water partition coefficient (Wildman–Crippen LogP) is 1.61. The van der Waals surface area contributed by atoms with E-state index in [9.17, 15) is 4.79 Å². The Kier molecular flexibility index (Phi) is 3.69. The number of benzene rings is 1. The van der Waals surface area contributed by atoms with E-state index in [0.29, 0.717) is 18.2 Å². The molecule has 106 valence electrons. The molecule has 1 aliphatic carbocycles. The zero-order valence-corrected chi connectivity index (χ0v) is 11.3. The van der Waals surface area contributed by atoms with Gasteiger partial charge in [-0.1, -0.05) is 23.7 Å². The number of hydrogen-bond acceptors (Lipinski definition) is 4. The van der Waals surface area contributed by atoms with E-state index in [-0.39, 0.29) is 18.4 Å². The number of carbonyl (C=O) groups excluding carboxylic acids is 1. The van der Waals surface area contributed by atoms with E-state index >= 15 is 0 Å². The molecule has 1 heterocycles. The Labute approximate surface area is 117 Å². The zero-order valence-electron chi connectivity index (χ0n) is 11.3. The zero-order chi connectivity index (χ0) is 13.9. The maximum Gasteiger partial charge on any atom is 0.226 e. The van der Waals surface area contributed by atoms with Crippen LogP contribution in [0.5, 0.6) is 0 Å². The van der Waals surface area contributed by atoms with Crippen LogP contribution in [0.1, 0.15) is 25.0 Å². The molecule has 1 amide bonds. The fourth-order valence-electron chi connectivity index (χ4n) is 2.98. The van der Waals surface area contributed by atoms with Crippen molar-refractivity contribution in [3.8, 4) is 0 Å². The molecule has 1 aromatic carbocycles. The van der Waals surface area contributed by atoms with Gasteiger partial charge >= 0.3 is 0 Å². The van der Waals surface area contributed by atoms with Gasteiger partial charge in [0.1, 0.15) is 5.69 Å². The van der Waals surface area contributed by atoms with Crippen molar-refractivity contribution in [1.29, 1.82) is 0 Å². The van der Waals surface area contributed by atoms with Crippen molar-refractivity contribution in [2.24, 2.45) is 11.7 Å². The maximum atomic E-state index is 12.1. The van der Waals surface area contributed by atoms with Crippen molar-refractivity contribution < 1.29 is 9.32 Å². The molecule has 3 N–H and O–H groups in total. The van der Waals surface area contributed by atoms with E-state index in [0.717, 1.165) is 30.2 Å². The van der Waals surface area contributed by atoms with Crippen LogP contribution in [0.25, 0.3) is 11.0 Å². The fourth-order valence-corrected chi connectivity index (χ4v) is 2.98. The number of nitrogens with two attached hydrogens (primary N) is 1. The van der Waals surface area contributed by atoms with E-state index in [1.165, 1.54) is 0 Å². The van der Waals surface area contributed by atoms with Crippen molar-refractivity contribution in [2.75, 3.05) is 6.54 Å². The van der Waals surface area contributed by atoms with E-state index in [1.807, 2.05) is 24.3 Å². The minimum Gasteiger partial charge on any atom is -0.356 e. The minimum absolute atomic E-state index is 0.00518. The van der Waals surface area contributed by atoms with E-state index in [2.05, 4.69) is 10.5 Å². The van der Waals surface area contributed by atoms with Crippen LogP contribution in [0.15, 0.2) is 28.8 Å². The van der Waals surface area contributed by atoms with Gasteiger partial charge in [0.05, 0.1) is 6.42 Å². The first-order valence-electron chi connectivity index (χ1n) is 7.10. The van der Waals surface area contributed by atoms with Gasteiger partial charge in [-0.3, -0.25) is 4.79 Å². The molecule has 5 heteroatoms. The smallest absolute Gasteiger partial charge is 0.226 e. The highest BCUT2D eigenvalue weighted by Gasteiger charge is 2.27. The maximum absolute atomic E-state index is 12.1. The largest absolute Gasteiger partial charge is 0.356 e.